The number of ether oxygens (including phenoxy) is 1. The highest BCUT2D eigenvalue weighted by Crippen LogP contribution is 2.17. The number of nitrogens with zero attached hydrogens (tertiary/aromatic N) is 1. The summed E-state index contributed by atoms with van der Waals surface area (Å²) < 4.78 is 5.46. The van der Waals surface area contributed by atoms with Gasteiger partial charge in [-0.1, -0.05) is 48.5 Å². The molecule has 114 valence electrons. The number of anilines is 1. The summed E-state index contributed by atoms with van der Waals surface area (Å²) >= 11 is 0. The van der Waals surface area contributed by atoms with E-state index in [1.165, 1.54) is 0 Å². The van der Waals surface area contributed by atoms with Crippen molar-refractivity contribution >= 4 is 11.6 Å². The van der Waals surface area contributed by atoms with Crippen LogP contribution >= 0.6 is 0 Å². The van der Waals surface area contributed by atoms with Crippen molar-refractivity contribution in [3.8, 4) is 0 Å². The van der Waals surface area contributed by atoms with Crippen LogP contribution < -0.4 is 10.4 Å². The zero-order valence-corrected chi connectivity index (χ0v) is 12.4. The van der Waals surface area contributed by atoms with Gasteiger partial charge in [0.15, 0.2) is 0 Å². The molecule has 1 atom stereocenters. The molecular weight excluding hydrogens is 276 g/mol. The molecule has 1 saturated heterocycles. The van der Waals surface area contributed by atoms with Crippen LogP contribution in [0.1, 0.15) is 18.4 Å². The predicted molar refractivity (Wildman–Crippen MR) is 86.2 cm³/mol. The van der Waals surface area contributed by atoms with Gasteiger partial charge in [-0.25, -0.2) is 0 Å². The lowest BCUT2D eigenvalue weighted by Gasteiger charge is -2.26. The van der Waals surface area contributed by atoms with Crippen LogP contribution in [0.15, 0.2) is 60.7 Å². The standard InChI is InChI=1S/C18H20N2O2/c21-18(17-12-7-13-22-17)19-20(16-10-5-2-6-11-16)14-15-8-3-1-4-9-15/h1-6,8-11,17H,7,12-14H2,(H,19,21). The minimum absolute atomic E-state index is 0.0720. The minimum Gasteiger partial charge on any atom is -0.368 e. The topological polar surface area (TPSA) is 41.6 Å². The van der Waals surface area contributed by atoms with Gasteiger partial charge in [0.1, 0.15) is 6.10 Å². The Hall–Kier alpha value is -2.33. The number of rotatable bonds is 5. The maximum absolute atomic E-state index is 12.3. The van der Waals surface area contributed by atoms with Crippen molar-refractivity contribution in [1.29, 1.82) is 0 Å². The van der Waals surface area contributed by atoms with E-state index in [1.807, 2.05) is 65.7 Å². The Morgan fingerprint density at radius 2 is 1.77 bits per heavy atom. The van der Waals surface area contributed by atoms with Crippen molar-refractivity contribution < 1.29 is 9.53 Å². The molecule has 22 heavy (non-hydrogen) atoms. The second-order valence-electron chi connectivity index (χ2n) is 5.39. The molecule has 0 spiro atoms. The Kier molecular flexibility index (Phi) is 4.71. The van der Waals surface area contributed by atoms with Crippen molar-refractivity contribution in [2.45, 2.75) is 25.5 Å². The molecule has 0 bridgehead atoms. The summed E-state index contributed by atoms with van der Waals surface area (Å²) in [6.07, 6.45) is 1.41. The van der Waals surface area contributed by atoms with Gasteiger partial charge in [0.05, 0.1) is 12.2 Å². The van der Waals surface area contributed by atoms with E-state index >= 15 is 0 Å². The zero-order chi connectivity index (χ0) is 15.2. The van der Waals surface area contributed by atoms with E-state index in [2.05, 4.69) is 5.43 Å². The second-order valence-corrected chi connectivity index (χ2v) is 5.39. The maximum atomic E-state index is 12.3. The van der Waals surface area contributed by atoms with E-state index < -0.39 is 0 Å². The fraction of sp³-hybridized carbons (Fsp3) is 0.278. The molecule has 0 aliphatic carbocycles. The van der Waals surface area contributed by atoms with Crippen LogP contribution in [0.4, 0.5) is 5.69 Å². The van der Waals surface area contributed by atoms with Crippen LogP contribution in [-0.2, 0) is 16.1 Å². The molecular formula is C18H20N2O2. The lowest BCUT2D eigenvalue weighted by molar-refractivity contribution is -0.130. The highest BCUT2D eigenvalue weighted by Gasteiger charge is 2.25. The van der Waals surface area contributed by atoms with Gasteiger partial charge in [0.25, 0.3) is 5.91 Å². The number of hydrogen-bond acceptors (Lipinski definition) is 3. The first kappa shape index (κ1) is 14.6. The lowest BCUT2D eigenvalue weighted by Crippen LogP contribution is -2.46. The number of hydrogen-bond donors (Lipinski definition) is 1. The summed E-state index contributed by atoms with van der Waals surface area (Å²) in [6.45, 7) is 1.28. The fourth-order valence-corrected chi connectivity index (χ4v) is 2.56. The molecule has 1 aliphatic rings. The normalized spacial score (nSPS) is 17.2. The Labute approximate surface area is 130 Å². The van der Waals surface area contributed by atoms with E-state index in [4.69, 9.17) is 4.74 Å². The Balaban J connectivity index is 1.75. The van der Waals surface area contributed by atoms with Crippen LogP contribution in [0.2, 0.25) is 0 Å². The smallest absolute Gasteiger partial charge is 0.267 e. The Bertz CT molecular complexity index is 595. The number of nitrogens with one attached hydrogen (secondary N) is 1. The van der Waals surface area contributed by atoms with E-state index in [1.54, 1.807) is 0 Å². The average Bonchev–Trinajstić information content (AvgIpc) is 3.11. The van der Waals surface area contributed by atoms with Gasteiger partial charge < -0.3 is 4.74 Å². The first-order valence-corrected chi connectivity index (χ1v) is 7.61. The van der Waals surface area contributed by atoms with Gasteiger partial charge in [-0.2, -0.15) is 0 Å². The first-order valence-electron chi connectivity index (χ1n) is 7.61. The Morgan fingerprint density at radius 3 is 2.41 bits per heavy atom. The quantitative estimate of drug-likeness (QED) is 0.863. The summed E-state index contributed by atoms with van der Waals surface area (Å²) in [5, 5.41) is 1.87. The highest BCUT2D eigenvalue weighted by molar-refractivity contribution is 5.82. The van der Waals surface area contributed by atoms with E-state index in [9.17, 15) is 4.79 Å². The Morgan fingerprint density at radius 1 is 1.09 bits per heavy atom. The number of carbonyl (C=O) groups is 1. The van der Waals surface area contributed by atoms with Crippen molar-refractivity contribution in [3.05, 3.63) is 66.2 Å². The highest BCUT2D eigenvalue weighted by atomic mass is 16.5. The third kappa shape index (κ3) is 3.65. The van der Waals surface area contributed by atoms with E-state index in [0.717, 1.165) is 24.1 Å². The molecule has 0 radical (unpaired) electrons. The van der Waals surface area contributed by atoms with Gasteiger partial charge in [-0.3, -0.25) is 15.2 Å². The molecule has 2 aromatic rings. The van der Waals surface area contributed by atoms with Crippen LogP contribution in [-0.4, -0.2) is 18.6 Å². The van der Waals surface area contributed by atoms with E-state index in [0.29, 0.717) is 13.2 Å². The van der Waals surface area contributed by atoms with Gasteiger partial charge in [-0.05, 0) is 30.5 Å². The zero-order valence-electron chi connectivity index (χ0n) is 12.4. The maximum Gasteiger partial charge on any atom is 0.267 e. The number of amides is 1. The molecule has 1 amide bonds. The average molecular weight is 296 g/mol. The second kappa shape index (κ2) is 7.09. The number of benzene rings is 2. The van der Waals surface area contributed by atoms with Crippen molar-refractivity contribution in [1.82, 2.24) is 5.43 Å². The molecule has 0 saturated carbocycles. The summed E-state index contributed by atoms with van der Waals surface area (Å²) in [5.41, 5.74) is 5.09. The molecule has 3 rings (SSSR count). The molecule has 0 aromatic heterocycles. The summed E-state index contributed by atoms with van der Waals surface area (Å²) in [6, 6.07) is 19.9. The van der Waals surface area contributed by atoms with Crippen molar-refractivity contribution in [3.63, 3.8) is 0 Å². The molecule has 4 heteroatoms. The third-order valence-electron chi connectivity index (χ3n) is 3.72. The third-order valence-corrected chi connectivity index (χ3v) is 3.72. The molecule has 1 aliphatic heterocycles. The first-order chi connectivity index (χ1) is 10.8. The summed E-state index contributed by atoms with van der Waals surface area (Å²) in [4.78, 5) is 12.3. The fourth-order valence-electron chi connectivity index (χ4n) is 2.56. The predicted octanol–water partition coefficient (Wildman–Crippen LogP) is 2.90. The molecule has 2 aromatic carbocycles. The molecule has 4 nitrogen and oxygen atoms in total. The number of para-hydroxylation sites is 1. The monoisotopic (exact) mass is 296 g/mol. The molecule has 1 heterocycles. The number of carbonyl (C=O) groups excluding carboxylic acids is 1. The molecule has 1 unspecified atom stereocenters. The lowest BCUT2D eigenvalue weighted by atomic mass is 10.2. The van der Waals surface area contributed by atoms with Crippen molar-refractivity contribution in [2.75, 3.05) is 11.6 Å². The van der Waals surface area contributed by atoms with E-state index in [-0.39, 0.29) is 12.0 Å². The number of hydrazine groups is 1. The molecule has 1 fully saturated rings. The van der Waals surface area contributed by atoms with Gasteiger partial charge in [0.2, 0.25) is 0 Å². The molecule has 1 N–H and O–H groups in total. The van der Waals surface area contributed by atoms with Gasteiger partial charge in [0, 0.05) is 6.61 Å². The van der Waals surface area contributed by atoms with Crippen LogP contribution in [0.3, 0.4) is 0 Å². The minimum atomic E-state index is -0.331. The van der Waals surface area contributed by atoms with Crippen molar-refractivity contribution in [2.24, 2.45) is 0 Å². The van der Waals surface area contributed by atoms with Crippen LogP contribution in [0.25, 0.3) is 0 Å². The van der Waals surface area contributed by atoms with Crippen LogP contribution in [0.5, 0.6) is 0 Å². The largest absolute Gasteiger partial charge is 0.368 e. The summed E-state index contributed by atoms with van der Waals surface area (Å²) in [5.74, 6) is -0.0720. The van der Waals surface area contributed by atoms with Gasteiger partial charge >= 0.3 is 0 Å². The summed E-state index contributed by atoms with van der Waals surface area (Å²) in [7, 11) is 0. The van der Waals surface area contributed by atoms with Gasteiger partial charge in [-0.15, -0.1) is 0 Å². The SMILES string of the molecule is O=C(NN(Cc1ccccc1)c1ccccc1)C1CCCO1. The van der Waals surface area contributed by atoms with Crippen LogP contribution in [0, 0.1) is 0 Å².